The van der Waals surface area contributed by atoms with Crippen LogP contribution in [-0.4, -0.2) is 67.4 Å². The molecule has 2 amide bonds. The van der Waals surface area contributed by atoms with Crippen molar-refractivity contribution in [2.24, 2.45) is 0 Å². The fourth-order valence-electron chi connectivity index (χ4n) is 2.94. The molecule has 0 aliphatic carbocycles. The van der Waals surface area contributed by atoms with E-state index in [9.17, 15) is 14.4 Å². The highest BCUT2D eigenvalue weighted by Crippen LogP contribution is 2.23. The minimum Gasteiger partial charge on any atom is -0.465 e. The first-order valence-electron chi connectivity index (χ1n) is 8.71. The maximum Gasteiger partial charge on any atom is 0.350 e. The summed E-state index contributed by atoms with van der Waals surface area (Å²) in [5.74, 6) is -0.720. The topological polar surface area (TPSA) is 79.0 Å². The summed E-state index contributed by atoms with van der Waals surface area (Å²) in [6.07, 6.45) is 0. The highest BCUT2D eigenvalue weighted by Gasteiger charge is 2.24. The first-order valence-corrected chi connectivity index (χ1v) is 9.96. The summed E-state index contributed by atoms with van der Waals surface area (Å²) >= 11 is 7.08. The summed E-state index contributed by atoms with van der Waals surface area (Å²) in [4.78, 5) is 40.6. The molecule has 1 aliphatic heterocycles. The Kier molecular flexibility index (Phi) is 6.66. The number of carbonyl (C=O) groups excluding carboxylic acids is 3. The van der Waals surface area contributed by atoms with Crippen molar-refractivity contribution in [1.82, 2.24) is 9.80 Å². The van der Waals surface area contributed by atoms with E-state index in [1.54, 1.807) is 40.6 Å². The maximum atomic E-state index is 12.5. The number of nitrogens with one attached hydrogen (secondary N) is 1. The molecule has 1 fully saturated rings. The molecule has 9 heteroatoms. The SMILES string of the molecule is COC(=O)c1sccc1NC(=O)CN1CCN(C(=O)c2ccc(Cl)cc2)CC1. The molecule has 0 saturated carbocycles. The van der Waals surface area contributed by atoms with Gasteiger partial charge < -0.3 is 15.0 Å². The molecule has 1 aromatic carbocycles. The number of piperazine rings is 1. The van der Waals surface area contributed by atoms with Crippen LogP contribution in [0.3, 0.4) is 0 Å². The number of ether oxygens (including phenoxy) is 1. The molecule has 3 rings (SSSR count). The molecule has 28 heavy (non-hydrogen) atoms. The van der Waals surface area contributed by atoms with Crippen LogP contribution in [0.4, 0.5) is 5.69 Å². The highest BCUT2D eigenvalue weighted by atomic mass is 35.5. The minimum atomic E-state index is -0.473. The lowest BCUT2D eigenvalue weighted by atomic mass is 10.2. The van der Waals surface area contributed by atoms with Gasteiger partial charge in [0.25, 0.3) is 5.91 Å². The van der Waals surface area contributed by atoms with Crippen LogP contribution in [0.25, 0.3) is 0 Å². The van der Waals surface area contributed by atoms with Crippen molar-refractivity contribution < 1.29 is 19.1 Å². The molecule has 2 aromatic rings. The zero-order valence-corrected chi connectivity index (χ0v) is 16.9. The summed E-state index contributed by atoms with van der Waals surface area (Å²) in [6, 6.07) is 8.50. The van der Waals surface area contributed by atoms with Gasteiger partial charge in [0.2, 0.25) is 5.91 Å². The van der Waals surface area contributed by atoms with Crippen LogP contribution in [0.2, 0.25) is 5.02 Å². The molecule has 0 spiro atoms. The Hall–Kier alpha value is -2.42. The van der Waals surface area contributed by atoms with Gasteiger partial charge in [-0.1, -0.05) is 11.6 Å². The quantitative estimate of drug-likeness (QED) is 0.751. The molecular formula is C19H20ClN3O4S. The number of hydrogen-bond donors (Lipinski definition) is 1. The summed E-state index contributed by atoms with van der Waals surface area (Å²) in [7, 11) is 1.30. The Morgan fingerprint density at radius 3 is 2.43 bits per heavy atom. The fourth-order valence-corrected chi connectivity index (χ4v) is 3.83. The van der Waals surface area contributed by atoms with E-state index in [4.69, 9.17) is 16.3 Å². The molecule has 1 aliphatic rings. The third kappa shape index (κ3) is 4.89. The van der Waals surface area contributed by atoms with Gasteiger partial charge in [-0.05, 0) is 35.7 Å². The molecule has 0 bridgehead atoms. The number of esters is 1. The van der Waals surface area contributed by atoms with Gasteiger partial charge in [0.05, 0.1) is 19.3 Å². The van der Waals surface area contributed by atoms with E-state index < -0.39 is 5.97 Å². The van der Waals surface area contributed by atoms with Crippen LogP contribution in [0.5, 0.6) is 0 Å². The van der Waals surface area contributed by atoms with E-state index in [2.05, 4.69) is 5.32 Å². The zero-order chi connectivity index (χ0) is 20.1. The first kappa shape index (κ1) is 20.3. The number of halogens is 1. The predicted molar refractivity (Wildman–Crippen MR) is 108 cm³/mol. The third-order valence-electron chi connectivity index (χ3n) is 4.43. The van der Waals surface area contributed by atoms with E-state index in [0.717, 1.165) is 0 Å². The second-order valence-corrected chi connectivity index (χ2v) is 7.63. The van der Waals surface area contributed by atoms with Gasteiger partial charge in [0, 0.05) is 36.8 Å². The lowest BCUT2D eigenvalue weighted by Gasteiger charge is -2.34. The lowest BCUT2D eigenvalue weighted by Crippen LogP contribution is -2.50. The van der Waals surface area contributed by atoms with Gasteiger partial charge in [-0.25, -0.2) is 4.79 Å². The van der Waals surface area contributed by atoms with Gasteiger partial charge in [-0.2, -0.15) is 0 Å². The number of nitrogens with zero attached hydrogens (tertiary/aromatic N) is 2. The molecular weight excluding hydrogens is 402 g/mol. The Balaban J connectivity index is 1.49. The van der Waals surface area contributed by atoms with Gasteiger partial charge in [-0.3, -0.25) is 14.5 Å². The Bertz CT molecular complexity index is 860. The first-order chi connectivity index (χ1) is 13.5. The van der Waals surface area contributed by atoms with Gasteiger partial charge in [0.15, 0.2) is 0 Å². The molecule has 0 radical (unpaired) electrons. The number of methoxy groups -OCH3 is 1. The zero-order valence-electron chi connectivity index (χ0n) is 15.3. The normalized spacial score (nSPS) is 14.6. The van der Waals surface area contributed by atoms with E-state index in [-0.39, 0.29) is 18.4 Å². The lowest BCUT2D eigenvalue weighted by molar-refractivity contribution is -0.117. The number of benzene rings is 1. The highest BCUT2D eigenvalue weighted by molar-refractivity contribution is 7.12. The van der Waals surface area contributed by atoms with Crippen molar-refractivity contribution in [3.05, 3.63) is 51.2 Å². The van der Waals surface area contributed by atoms with E-state index in [0.29, 0.717) is 47.3 Å². The summed E-state index contributed by atoms with van der Waals surface area (Å²) < 4.78 is 4.71. The van der Waals surface area contributed by atoms with E-state index >= 15 is 0 Å². The molecule has 7 nitrogen and oxygen atoms in total. The molecule has 148 valence electrons. The fraction of sp³-hybridized carbons (Fsp3) is 0.316. The molecule has 0 atom stereocenters. The van der Waals surface area contributed by atoms with Crippen molar-refractivity contribution in [1.29, 1.82) is 0 Å². The van der Waals surface area contributed by atoms with Gasteiger partial charge in [-0.15, -0.1) is 11.3 Å². The standard InChI is InChI=1S/C19H20ClN3O4S/c1-27-19(26)17-15(6-11-28-17)21-16(24)12-22-7-9-23(10-8-22)18(25)13-2-4-14(20)5-3-13/h2-6,11H,7-10,12H2,1H3,(H,21,24). The number of anilines is 1. The molecule has 1 N–H and O–H groups in total. The van der Waals surface area contributed by atoms with Crippen LogP contribution < -0.4 is 5.32 Å². The van der Waals surface area contributed by atoms with Crippen LogP contribution in [0.1, 0.15) is 20.0 Å². The number of rotatable bonds is 5. The van der Waals surface area contributed by atoms with Crippen LogP contribution in [-0.2, 0) is 9.53 Å². The van der Waals surface area contributed by atoms with Crippen LogP contribution in [0.15, 0.2) is 35.7 Å². The molecule has 0 unspecified atom stereocenters. The number of carbonyl (C=O) groups is 3. The number of amides is 2. The van der Waals surface area contributed by atoms with Crippen LogP contribution in [0, 0.1) is 0 Å². The summed E-state index contributed by atoms with van der Waals surface area (Å²) in [5.41, 5.74) is 1.06. The largest absolute Gasteiger partial charge is 0.465 e. The number of thiophene rings is 1. The van der Waals surface area contributed by atoms with Crippen LogP contribution >= 0.6 is 22.9 Å². The van der Waals surface area contributed by atoms with E-state index in [1.807, 2.05) is 4.90 Å². The molecule has 1 saturated heterocycles. The van der Waals surface area contributed by atoms with Gasteiger partial charge >= 0.3 is 5.97 Å². The van der Waals surface area contributed by atoms with E-state index in [1.165, 1.54) is 18.4 Å². The van der Waals surface area contributed by atoms with Crippen molar-refractivity contribution in [2.75, 3.05) is 45.2 Å². The Labute approximate surface area is 171 Å². The maximum absolute atomic E-state index is 12.5. The van der Waals surface area contributed by atoms with Crippen molar-refractivity contribution in [3.8, 4) is 0 Å². The smallest absolute Gasteiger partial charge is 0.350 e. The minimum absolute atomic E-state index is 0.0400. The summed E-state index contributed by atoms with van der Waals surface area (Å²) in [5, 5.41) is 5.07. The third-order valence-corrected chi connectivity index (χ3v) is 5.57. The monoisotopic (exact) mass is 421 g/mol. The predicted octanol–water partition coefficient (Wildman–Crippen LogP) is 2.58. The molecule has 1 aromatic heterocycles. The average molecular weight is 422 g/mol. The van der Waals surface area contributed by atoms with Crippen molar-refractivity contribution in [2.45, 2.75) is 0 Å². The number of hydrogen-bond acceptors (Lipinski definition) is 6. The second-order valence-electron chi connectivity index (χ2n) is 6.28. The average Bonchev–Trinajstić information content (AvgIpc) is 3.16. The Morgan fingerprint density at radius 1 is 1.11 bits per heavy atom. The van der Waals surface area contributed by atoms with Crippen molar-refractivity contribution >= 4 is 46.4 Å². The second kappa shape index (κ2) is 9.18. The molecule has 2 heterocycles. The summed E-state index contributed by atoms with van der Waals surface area (Å²) in [6.45, 7) is 2.47. The Morgan fingerprint density at radius 2 is 1.79 bits per heavy atom. The van der Waals surface area contributed by atoms with Gasteiger partial charge in [0.1, 0.15) is 4.88 Å². The van der Waals surface area contributed by atoms with Crippen molar-refractivity contribution in [3.63, 3.8) is 0 Å².